The zero-order chi connectivity index (χ0) is 16.0. The third kappa shape index (κ3) is 6.36. The Morgan fingerprint density at radius 2 is 2.00 bits per heavy atom. The second-order valence-electron chi connectivity index (χ2n) is 5.55. The molecule has 1 heterocycles. The van der Waals surface area contributed by atoms with E-state index in [-0.39, 0.29) is 6.04 Å². The average Bonchev–Trinajstić information content (AvgIpc) is 2.75. The lowest BCUT2D eigenvalue weighted by Gasteiger charge is -2.13. The molecule has 2 N–H and O–H groups in total. The van der Waals surface area contributed by atoms with Gasteiger partial charge in [0.1, 0.15) is 4.90 Å². The van der Waals surface area contributed by atoms with Crippen LogP contribution in [0.3, 0.4) is 0 Å². The van der Waals surface area contributed by atoms with Crippen molar-refractivity contribution in [2.24, 2.45) is 0 Å². The Balaban J connectivity index is 2.78. The maximum atomic E-state index is 12.4. The number of nitrogens with one attached hydrogen (secondary N) is 2. The van der Waals surface area contributed by atoms with E-state index in [9.17, 15) is 8.42 Å². The standard InChI is InChI=1S/C14H25BrN2O2S2/c1-5-6-7-11(4)17-21(18,19)13-8-12(20-14(13)15)9-16-10(2)3/h8,10-11,16-17H,5-7,9H2,1-4H3. The van der Waals surface area contributed by atoms with E-state index in [0.29, 0.717) is 21.3 Å². The van der Waals surface area contributed by atoms with Gasteiger partial charge < -0.3 is 5.32 Å². The maximum absolute atomic E-state index is 12.4. The number of unbranched alkanes of at least 4 members (excludes halogenated alkanes) is 1. The summed E-state index contributed by atoms with van der Waals surface area (Å²) in [5.41, 5.74) is 0. The van der Waals surface area contributed by atoms with Gasteiger partial charge in [-0.2, -0.15) is 0 Å². The van der Waals surface area contributed by atoms with Gasteiger partial charge in [0.2, 0.25) is 10.0 Å². The van der Waals surface area contributed by atoms with Gasteiger partial charge in [0.25, 0.3) is 0 Å². The Morgan fingerprint density at radius 1 is 1.33 bits per heavy atom. The minimum absolute atomic E-state index is 0.0426. The first-order valence-electron chi connectivity index (χ1n) is 7.30. The molecule has 0 aromatic carbocycles. The molecule has 1 aromatic rings. The van der Waals surface area contributed by atoms with Crippen LogP contribution in [0.5, 0.6) is 0 Å². The zero-order valence-electron chi connectivity index (χ0n) is 13.1. The Kier molecular flexibility index (Phi) is 7.84. The van der Waals surface area contributed by atoms with Crippen molar-refractivity contribution in [2.45, 2.75) is 70.5 Å². The van der Waals surface area contributed by atoms with Gasteiger partial charge in [-0.25, -0.2) is 13.1 Å². The van der Waals surface area contributed by atoms with Gasteiger partial charge in [0.05, 0.1) is 3.79 Å². The highest BCUT2D eigenvalue weighted by Crippen LogP contribution is 2.31. The highest BCUT2D eigenvalue weighted by molar-refractivity contribution is 9.11. The average molecular weight is 397 g/mol. The molecule has 1 atom stereocenters. The van der Waals surface area contributed by atoms with Gasteiger partial charge in [-0.3, -0.25) is 0 Å². The van der Waals surface area contributed by atoms with Crippen molar-refractivity contribution in [3.05, 3.63) is 14.7 Å². The van der Waals surface area contributed by atoms with Gasteiger partial charge in [0, 0.05) is 23.5 Å². The van der Waals surface area contributed by atoms with Gasteiger partial charge in [-0.15, -0.1) is 11.3 Å². The van der Waals surface area contributed by atoms with Crippen molar-refractivity contribution < 1.29 is 8.42 Å². The van der Waals surface area contributed by atoms with E-state index in [1.54, 1.807) is 6.07 Å². The first-order valence-corrected chi connectivity index (χ1v) is 10.4. The molecule has 122 valence electrons. The van der Waals surface area contributed by atoms with E-state index in [1.807, 2.05) is 6.92 Å². The summed E-state index contributed by atoms with van der Waals surface area (Å²) in [4.78, 5) is 1.36. The molecule has 0 spiro atoms. The smallest absolute Gasteiger partial charge is 0.242 e. The molecule has 0 aliphatic heterocycles. The highest BCUT2D eigenvalue weighted by Gasteiger charge is 2.22. The van der Waals surface area contributed by atoms with Crippen molar-refractivity contribution in [1.82, 2.24) is 10.0 Å². The van der Waals surface area contributed by atoms with Crippen LogP contribution in [0.1, 0.15) is 51.8 Å². The van der Waals surface area contributed by atoms with E-state index in [0.717, 1.165) is 24.1 Å². The molecule has 0 radical (unpaired) electrons. The molecule has 0 saturated carbocycles. The molecule has 0 aliphatic rings. The van der Waals surface area contributed by atoms with Crippen LogP contribution >= 0.6 is 27.3 Å². The Bertz CT molecular complexity index is 541. The molecular formula is C14H25BrN2O2S2. The molecular weight excluding hydrogens is 372 g/mol. The molecule has 1 unspecified atom stereocenters. The first-order chi connectivity index (χ1) is 9.76. The van der Waals surface area contributed by atoms with E-state index < -0.39 is 10.0 Å². The number of rotatable bonds is 9. The Hall–Kier alpha value is 0.0500. The summed E-state index contributed by atoms with van der Waals surface area (Å²) in [5, 5.41) is 3.30. The lowest BCUT2D eigenvalue weighted by molar-refractivity contribution is 0.534. The summed E-state index contributed by atoms with van der Waals surface area (Å²) in [6, 6.07) is 2.08. The summed E-state index contributed by atoms with van der Waals surface area (Å²) in [7, 11) is -3.45. The number of halogens is 1. The van der Waals surface area contributed by atoms with Crippen LogP contribution in [0.15, 0.2) is 14.7 Å². The summed E-state index contributed by atoms with van der Waals surface area (Å²) >= 11 is 4.84. The Morgan fingerprint density at radius 3 is 2.57 bits per heavy atom. The monoisotopic (exact) mass is 396 g/mol. The van der Waals surface area contributed by atoms with E-state index >= 15 is 0 Å². The third-order valence-corrected chi connectivity index (χ3v) is 6.87. The lowest BCUT2D eigenvalue weighted by Crippen LogP contribution is -2.32. The SMILES string of the molecule is CCCCC(C)NS(=O)(=O)c1cc(CNC(C)C)sc1Br. The summed E-state index contributed by atoms with van der Waals surface area (Å²) in [6.07, 6.45) is 2.95. The molecule has 0 fully saturated rings. The number of hydrogen-bond donors (Lipinski definition) is 2. The molecule has 0 amide bonds. The van der Waals surface area contributed by atoms with Crippen LogP contribution < -0.4 is 10.0 Å². The van der Waals surface area contributed by atoms with Crippen molar-refractivity contribution in [3.63, 3.8) is 0 Å². The summed E-state index contributed by atoms with van der Waals surface area (Å²) in [5.74, 6) is 0. The lowest BCUT2D eigenvalue weighted by atomic mass is 10.2. The highest BCUT2D eigenvalue weighted by atomic mass is 79.9. The predicted molar refractivity (Wildman–Crippen MR) is 93.3 cm³/mol. The number of thiophene rings is 1. The summed E-state index contributed by atoms with van der Waals surface area (Å²) in [6.45, 7) is 8.83. The quantitative estimate of drug-likeness (QED) is 0.665. The molecule has 7 heteroatoms. The number of hydrogen-bond acceptors (Lipinski definition) is 4. The van der Waals surface area contributed by atoms with Gasteiger partial charge in [-0.1, -0.05) is 33.6 Å². The van der Waals surface area contributed by atoms with Crippen molar-refractivity contribution in [1.29, 1.82) is 0 Å². The fourth-order valence-corrected chi connectivity index (χ4v) is 5.78. The first kappa shape index (κ1) is 19.1. The maximum Gasteiger partial charge on any atom is 0.242 e. The van der Waals surface area contributed by atoms with E-state index in [1.165, 1.54) is 11.3 Å². The second-order valence-corrected chi connectivity index (χ2v) is 9.69. The number of sulfonamides is 1. The van der Waals surface area contributed by atoms with Crippen molar-refractivity contribution in [3.8, 4) is 0 Å². The molecule has 4 nitrogen and oxygen atoms in total. The minimum Gasteiger partial charge on any atom is -0.310 e. The van der Waals surface area contributed by atoms with Crippen LogP contribution in [0.25, 0.3) is 0 Å². The van der Waals surface area contributed by atoms with Crippen LogP contribution in [0, 0.1) is 0 Å². The van der Waals surface area contributed by atoms with Crippen molar-refractivity contribution in [2.75, 3.05) is 0 Å². The van der Waals surface area contributed by atoms with E-state index in [2.05, 4.69) is 46.7 Å². The largest absolute Gasteiger partial charge is 0.310 e. The van der Waals surface area contributed by atoms with Crippen molar-refractivity contribution >= 4 is 37.3 Å². The molecule has 0 bridgehead atoms. The summed E-state index contributed by atoms with van der Waals surface area (Å²) < 4.78 is 28.3. The zero-order valence-corrected chi connectivity index (χ0v) is 16.3. The topological polar surface area (TPSA) is 58.2 Å². The third-order valence-electron chi connectivity index (χ3n) is 3.03. The van der Waals surface area contributed by atoms with Crippen LogP contribution in [0.2, 0.25) is 0 Å². The Labute approximate surface area is 140 Å². The predicted octanol–water partition coefficient (Wildman–Crippen LogP) is 3.87. The molecule has 1 aromatic heterocycles. The molecule has 21 heavy (non-hydrogen) atoms. The minimum atomic E-state index is -3.45. The van der Waals surface area contributed by atoms with Crippen LogP contribution in [0.4, 0.5) is 0 Å². The normalized spacial score (nSPS) is 13.8. The molecule has 1 rings (SSSR count). The fraction of sp³-hybridized carbons (Fsp3) is 0.714. The fourth-order valence-electron chi connectivity index (χ4n) is 1.87. The van der Waals surface area contributed by atoms with Gasteiger partial charge in [0.15, 0.2) is 0 Å². The van der Waals surface area contributed by atoms with E-state index in [4.69, 9.17) is 0 Å². The molecule has 0 aliphatic carbocycles. The van der Waals surface area contributed by atoms with Crippen LogP contribution in [-0.4, -0.2) is 20.5 Å². The van der Waals surface area contributed by atoms with Gasteiger partial charge >= 0.3 is 0 Å². The molecule has 0 saturated heterocycles. The van der Waals surface area contributed by atoms with Crippen LogP contribution in [-0.2, 0) is 16.6 Å². The second kappa shape index (κ2) is 8.62. The van der Waals surface area contributed by atoms with Gasteiger partial charge in [-0.05, 0) is 35.3 Å².